The molecule has 0 fully saturated rings. The Labute approximate surface area is 233 Å². The topological polar surface area (TPSA) is 43.1 Å². The van der Waals surface area contributed by atoms with Gasteiger partial charge < -0.3 is 4.42 Å². The smallest absolute Gasteiger partial charge is 0.165 e. The van der Waals surface area contributed by atoms with Gasteiger partial charge in [0, 0.05) is 35.2 Å². The van der Waals surface area contributed by atoms with Crippen LogP contribution in [0.3, 0.4) is 0 Å². The van der Waals surface area contributed by atoms with Gasteiger partial charge in [-0.25, -0.2) is 0 Å². The summed E-state index contributed by atoms with van der Waals surface area (Å²) in [4.78, 5) is 16.7. The Balaban J connectivity index is 0. The fraction of sp³-hybridized carbons (Fsp3) is 0.429. The number of aryl methyl sites for hydroxylation is 5. The Morgan fingerprint density at radius 1 is 0.737 bits per heavy atom. The Morgan fingerprint density at radius 3 is 1.82 bits per heavy atom. The zero-order chi connectivity index (χ0) is 29.5. The van der Waals surface area contributed by atoms with Crippen LogP contribution >= 0.6 is 0 Å². The first kappa shape index (κ1) is 37.0. The van der Waals surface area contributed by atoms with Gasteiger partial charge in [-0.1, -0.05) is 109 Å². The molecule has 0 spiro atoms. The second kappa shape index (κ2) is 23.0. The minimum atomic E-state index is 0.113. The molecule has 0 amide bonds. The van der Waals surface area contributed by atoms with Crippen molar-refractivity contribution in [2.24, 2.45) is 0 Å². The van der Waals surface area contributed by atoms with Gasteiger partial charge in [-0.15, -0.1) is 0 Å². The number of hydrogen-bond donors (Lipinski definition) is 0. The fourth-order valence-electron chi connectivity index (χ4n) is 3.23. The van der Waals surface area contributed by atoms with Crippen molar-refractivity contribution in [2.45, 2.75) is 102 Å². The van der Waals surface area contributed by atoms with Gasteiger partial charge in [0.1, 0.15) is 11.3 Å². The standard InChI is InChI=1S/C19H19NO2.C7H8.C3H8.3C2H6/c1-12-4-9-19-15(10-12)11-16(22-19)6-8-18(21)17-7-5-13(2)20-14(17)3;1-7-5-3-2-4-6-7;1-3-2;3*1-2/h4-5,7,9-11H,6,8H2,1-3H3;2-6H,1H3;3H2,1-2H3;3*1-2H3. The lowest BCUT2D eigenvalue weighted by atomic mass is 10.0. The molecule has 38 heavy (non-hydrogen) atoms. The minimum absolute atomic E-state index is 0.113. The molecule has 4 aromatic rings. The lowest BCUT2D eigenvalue weighted by Crippen LogP contribution is -2.05. The quantitative estimate of drug-likeness (QED) is 0.252. The maximum atomic E-state index is 12.3. The van der Waals surface area contributed by atoms with E-state index in [1.807, 2.05) is 104 Å². The van der Waals surface area contributed by atoms with E-state index in [2.05, 4.69) is 50.9 Å². The van der Waals surface area contributed by atoms with E-state index in [1.165, 1.54) is 17.5 Å². The van der Waals surface area contributed by atoms with E-state index < -0.39 is 0 Å². The molecule has 0 aliphatic rings. The maximum Gasteiger partial charge on any atom is 0.165 e. The zero-order valence-electron chi connectivity index (χ0n) is 26.2. The summed E-state index contributed by atoms with van der Waals surface area (Å²) >= 11 is 0. The lowest BCUT2D eigenvalue weighted by molar-refractivity contribution is 0.0980. The normalized spacial score (nSPS) is 8.95. The summed E-state index contributed by atoms with van der Waals surface area (Å²) in [5.41, 5.74) is 5.84. The summed E-state index contributed by atoms with van der Waals surface area (Å²) < 4.78 is 5.79. The number of benzene rings is 2. The highest BCUT2D eigenvalue weighted by Gasteiger charge is 2.12. The van der Waals surface area contributed by atoms with E-state index >= 15 is 0 Å². The van der Waals surface area contributed by atoms with Crippen LogP contribution in [0.2, 0.25) is 0 Å². The van der Waals surface area contributed by atoms with E-state index in [4.69, 9.17) is 4.42 Å². The SMILES string of the molecule is CC.CC.CC.CCC.Cc1ccc2oc(CCC(=O)c3ccc(C)nc3C)cc2c1.Cc1ccccc1. The first-order valence-electron chi connectivity index (χ1n) is 14.3. The molecule has 2 aromatic carbocycles. The van der Waals surface area contributed by atoms with Gasteiger partial charge in [0.15, 0.2) is 5.78 Å². The van der Waals surface area contributed by atoms with Crippen LogP contribution in [0.4, 0.5) is 0 Å². The summed E-state index contributed by atoms with van der Waals surface area (Å²) in [5.74, 6) is 0.966. The third-order valence-electron chi connectivity index (χ3n) is 4.79. The average molecular weight is 520 g/mol. The van der Waals surface area contributed by atoms with Gasteiger partial charge >= 0.3 is 0 Å². The van der Waals surface area contributed by atoms with Gasteiger partial charge in [0.2, 0.25) is 0 Å². The number of pyridine rings is 1. The van der Waals surface area contributed by atoms with E-state index in [1.54, 1.807) is 0 Å². The molecule has 4 rings (SSSR count). The highest BCUT2D eigenvalue weighted by Crippen LogP contribution is 2.22. The van der Waals surface area contributed by atoms with Crippen LogP contribution in [0.5, 0.6) is 0 Å². The number of fused-ring (bicyclic) bond motifs is 1. The third-order valence-corrected chi connectivity index (χ3v) is 4.79. The number of ketones is 1. The van der Waals surface area contributed by atoms with E-state index in [9.17, 15) is 4.79 Å². The first-order chi connectivity index (χ1) is 18.3. The second-order valence-electron chi connectivity index (χ2n) is 8.12. The highest BCUT2D eigenvalue weighted by molar-refractivity contribution is 5.97. The second-order valence-corrected chi connectivity index (χ2v) is 8.12. The van der Waals surface area contributed by atoms with Crippen LogP contribution in [0.1, 0.15) is 107 Å². The number of furan rings is 1. The van der Waals surface area contributed by atoms with Gasteiger partial charge in [-0.3, -0.25) is 9.78 Å². The van der Waals surface area contributed by atoms with Crippen LogP contribution in [-0.2, 0) is 6.42 Å². The number of rotatable bonds is 4. The molecule has 2 aromatic heterocycles. The zero-order valence-corrected chi connectivity index (χ0v) is 26.2. The van der Waals surface area contributed by atoms with Crippen molar-refractivity contribution < 1.29 is 9.21 Å². The molecule has 210 valence electrons. The predicted octanol–water partition coefficient (Wildman–Crippen LogP) is 11.1. The molecule has 0 radical (unpaired) electrons. The Hall–Kier alpha value is -3.20. The summed E-state index contributed by atoms with van der Waals surface area (Å²) in [6.45, 7) is 24.2. The molecule has 0 N–H and O–H groups in total. The van der Waals surface area contributed by atoms with Crippen molar-refractivity contribution in [3.63, 3.8) is 0 Å². The van der Waals surface area contributed by atoms with Crippen LogP contribution < -0.4 is 0 Å². The molecular formula is C35H53NO2. The van der Waals surface area contributed by atoms with E-state index in [-0.39, 0.29) is 5.78 Å². The average Bonchev–Trinajstić information content (AvgIpc) is 3.34. The third kappa shape index (κ3) is 14.5. The summed E-state index contributed by atoms with van der Waals surface area (Å²) in [6.07, 6.45) is 2.30. The highest BCUT2D eigenvalue weighted by atomic mass is 16.3. The van der Waals surface area contributed by atoms with E-state index in [0.717, 1.165) is 28.1 Å². The van der Waals surface area contributed by atoms with Crippen LogP contribution in [0.15, 0.2) is 71.1 Å². The first-order valence-corrected chi connectivity index (χ1v) is 14.3. The summed E-state index contributed by atoms with van der Waals surface area (Å²) in [5, 5.41) is 1.09. The number of carbonyl (C=O) groups is 1. The lowest BCUT2D eigenvalue weighted by Gasteiger charge is -2.04. The Bertz CT molecular complexity index is 1130. The Kier molecular flexibility index (Phi) is 22.3. The summed E-state index contributed by atoms with van der Waals surface area (Å²) in [7, 11) is 0. The molecule has 3 heteroatoms. The van der Waals surface area contributed by atoms with Gasteiger partial charge in [-0.05, 0) is 58.0 Å². The summed E-state index contributed by atoms with van der Waals surface area (Å²) in [6, 6.07) is 22.1. The fourth-order valence-corrected chi connectivity index (χ4v) is 3.23. The molecule has 3 nitrogen and oxygen atoms in total. The minimum Gasteiger partial charge on any atom is -0.461 e. The molecule has 0 saturated heterocycles. The van der Waals surface area contributed by atoms with Crippen molar-refractivity contribution >= 4 is 16.8 Å². The molecule has 0 aliphatic carbocycles. The molecular weight excluding hydrogens is 466 g/mol. The Morgan fingerprint density at radius 2 is 1.32 bits per heavy atom. The monoisotopic (exact) mass is 519 g/mol. The van der Waals surface area contributed by atoms with Crippen molar-refractivity contribution in [1.82, 2.24) is 4.98 Å². The molecule has 2 heterocycles. The van der Waals surface area contributed by atoms with Crippen molar-refractivity contribution in [2.75, 3.05) is 0 Å². The van der Waals surface area contributed by atoms with Crippen LogP contribution in [0, 0.1) is 27.7 Å². The van der Waals surface area contributed by atoms with Crippen molar-refractivity contribution in [1.29, 1.82) is 0 Å². The number of Topliss-reactive ketones (excluding diaryl/α,β-unsaturated/α-hetero) is 1. The molecule has 0 saturated carbocycles. The van der Waals surface area contributed by atoms with Crippen LogP contribution in [0.25, 0.3) is 11.0 Å². The molecule has 0 bridgehead atoms. The van der Waals surface area contributed by atoms with Gasteiger partial charge in [0.05, 0.1) is 0 Å². The van der Waals surface area contributed by atoms with E-state index in [0.29, 0.717) is 18.4 Å². The number of hydrogen-bond acceptors (Lipinski definition) is 3. The number of aromatic nitrogens is 1. The molecule has 0 unspecified atom stereocenters. The number of nitrogens with zero attached hydrogens (tertiary/aromatic N) is 1. The van der Waals surface area contributed by atoms with Crippen molar-refractivity contribution in [3.8, 4) is 0 Å². The van der Waals surface area contributed by atoms with Crippen LogP contribution in [-0.4, -0.2) is 10.8 Å². The maximum absolute atomic E-state index is 12.3. The largest absolute Gasteiger partial charge is 0.461 e. The van der Waals surface area contributed by atoms with Crippen molar-refractivity contribution in [3.05, 3.63) is 101 Å². The molecule has 0 atom stereocenters. The van der Waals surface area contributed by atoms with Gasteiger partial charge in [0.25, 0.3) is 0 Å². The number of carbonyl (C=O) groups excluding carboxylic acids is 1. The molecule has 0 aliphatic heterocycles. The van der Waals surface area contributed by atoms with Gasteiger partial charge in [-0.2, -0.15) is 0 Å². The predicted molar refractivity (Wildman–Crippen MR) is 169 cm³/mol.